The van der Waals surface area contributed by atoms with E-state index < -0.39 is 11.2 Å². The van der Waals surface area contributed by atoms with E-state index in [-0.39, 0.29) is 11.8 Å². The SMILES string of the molecule is COC(=O)c1c(NC(=O)C(C)Sc2cccc(NC(=O)c3ccc(OC)cc3)c2)sc2c1CCCCCC2. The molecule has 4 rings (SSSR count). The van der Waals surface area contributed by atoms with E-state index >= 15 is 0 Å². The summed E-state index contributed by atoms with van der Waals surface area (Å²) >= 11 is 2.88. The highest BCUT2D eigenvalue weighted by Gasteiger charge is 2.27. The summed E-state index contributed by atoms with van der Waals surface area (Å²) < 4.78 is 10.2. The molecule has 1 aliphatic carbocycles. The normalized spacial score (nSPS) is 13.9. The maximum absolute atomic E-state index is 13.2. The molecular weight excluding hydrogens is 520 g/mol. The highest BCUT2D eigenvalue weighted by Crippen LogP contribution is 2.38. The molecule has 0 aliphatic heterocycles. The number of methoxy groups -OCH3 is 2. The second kappa shape index (κ2) is 13.0. The van der Waals surface area contributed by atoms with Gasteiger partial charge in [-0.1, -0.05) is 18.9 Å². The monoisotopic (exact) mass is 552 g/mol. The number of nitrogens with one attached hydrogen (secondary N) is 2. The first-order chi connectivity index (χ1) is 18.4. The third-order valence-corrected chi connectivity index (χ3v) is 8.72. The van der Waals surface area contributed by atoms with Gasteiger partial charge in [0.05, 0.1) is 25.0 Å². The van der Waals surface area contributed by atoms with Crippen molar-refractivity contribution in [3.8, 4) is 5.75 Å². The lowest BCUT2D eigenvalue weighted by Crippen LogP contribution is -2.23. The Morgan fingerprint density at radius 3 is 2.39 bits per heavy atom. The summed E-state index contributed by atoms with van der Waals surface area (Å²) in [5, 5.41) is 6.04. The Bertz CT molecular complexity index is 1300. The largest absolute Gasteiger partial charge is 0.497 e. The van der Waals surface area contributed by atoms with Crippen molar-refractivity contribution >= 4 is 51.6 Å². The van der Waals surface area contributed by atoms with Gasteiger partial charge in [-0.25, -0.2) is 4.79 Å². The summed E-state index contributed by atoms with van der Waals surface area (Å²) in [6, 6.07) is 14.3. The van der Waals surface area contributed by atoms with Crippen LogP contribution >= 0.6 is 23.1 Å². The highest BCUT2D eigenvalue weighted by atomic mass is 32.2. The van der Waals surface area contributed by atoms with Crippen LogP contribution in [0.2, 0.25) is 0 Å². The van der Waals surface area contributed by atoms with Gasteiger partial charge in [-0.05, 0) is 80.6 Å². The summed E-state index contributed by atoms with van der Waals surface area (Å²) in [5.41, 5.74) is 2.68. The van der Waals surface area contributed by atoms with Crippen molar-refractivity contribution in [1.82, 2.24) is 0 Å². The third kappa shape index (κ3) is 6.76. The zero-order chi connectivity index (χ0) is 27.1. The number of hydrogen-bond donors (Lipinski definition) is 2. The average molecular weight is 553 g/mol. The number of thiophene rings is 1. The number of carbonyl (C=O) groups is 3. The molecule has 1 aromatic heterocycles. The summed E-state index contributed by atoms with van der Waals surface area (Å²) in [4.78, 5) is 40.5. The molecule has 0 fully saturated rings. The number of hydrogen-bond acceptors (Lipinski definition) is 7. The fraction of sp³-hybridized carbons (Fsp3) is 0.345. The molecular formula is C29H32N2O5S2. The van der Waals surface area contributed by atoms with Crippen LogP contribution in [-0.2, 0) is 22.4 Å². The molecule has 9 heteroatoms. The molecule has 0 bridgehead atoms. The minimum absolute atomic E-state index is 0.193. The zero-order valence-electron chi connectivity index (χ0n) is 21.8. The van der Waals surface area contributed by atoms with Gasteiger partial charge in [0, 0.05) is 21.0 Å². The van der Waals surface area contributed by atoms with E-state index in [1.807, 2.05) is 25.1 Å². The van der Waals surface area contributed by atoms with Crippen LogP contribution in [0, 0.1) is 0 Å². The van der Waals surface area contributed by atoms with Crippen molar-refractivity contribution in [1.29, 1.82) is 0 Å². The molecule has 1 unspecified atom stereocenters. The second-order valence-corrected chi connectivity index (χ2v) is 11.6. The van der Waals surface area contributed by atoms with E-state index in [4.69, 9.17) is 9.47 Å². The van der Waals surface area contributed by atoms with Crippen LogP contribution < -0.4 is 15.4 Å². The van der Waals surface area contributed by atoms with Crippen LogP contribution in [0.5, 0.6) is 5.75 Å². The first-order valence-electron chi connectivity index (χ1n) is 12.7. The minimum Gasteiger partial charge on any atom is -0.497 e. The van der Waals surface area contributed by atoms with E-state index in [0.29, 0.717) is 27.6 Å². The van der Waals surface area contributed by atoms with E-state index in [2.05, 4.69) is 10.6 Å². The van der Waals surface area contributed by atoms with Gasteiger partial charge in [0.15, 0.2) is 0 Å². The van der Waals surface area contributed by atoms with Gasteiger partial charge in [0.2, 0.25) is 5.91 Å². The lowest BCUT2D eigenvalue weighted by atomic mass is 9.96. The zero-order valence-corrected chi connectivity index (χ0v) is 23.4. The Labute approximate surface area is 231 Å². The average Bonchev–Trinajstić information content (AvgIpc) is 3.23. The van der Waals surface area contributed by atoms with Gasteiger partial charge >= 0.3 is 5.97 Å². The van der Waals surface area contributed by atoms with Crippen molar-refractivity contribution in [2.45, 2.75) is 55.6 Å². The lowest BCUT2D eigenvalue weighted by molar-refractivity contribution is -0.115. The molecule has 0 radical (unpaired) electrons. The smallest absolute Gasteiger partial charge is 0.341 e. The van der Waals surface area contributed by atoms with E-state index in [1.54, 1.807) is 37.4 Å². The van der Waals surface area contributed by atoms with Gasteiger partial charge in [-0.3, -0.25) is 9.59 Å². The molecule has 7 nitrogen and oxygen atoms in total. The summed E-state index contributed by atoms with van der Waals surface area (Å²) in [7, 11) is 2.95. The number of rotatable bonds is 8. The maximum Gasteiger partial charge on any atom is 0.341 e. The summed E-state index contributed by atoms with van der Waals surface area (Å²) in [6.45, 7) is 1.82. The number of esters is 1. The molecule has 200 valence electrons. The number of ether oxygens (including phenoxy) is 2. The van der Waals surface area contributed by atoms with Gasteiger partial charge in [-0.15, -0.1) is 23.1 Å². The number of carbonyl (C=O) groups excluding carboxylic acids is 3. The molecule has 2 amide bonds. The number of thioether (sulfide) groups is 1. The molecule has 1 aliphatic rings. The number of anilines is 2. The van der Waals surface area contributed by atoms with Crippen molar-refractivity contribution in [2.75, 3.05) is 24.9 Å². The Morgan fingerprint density at radius 1 is 0.947 bits per heavy atom. The van der Waals surface area contributed by atoms with Gasteiger partial charge in [0.25, 0.3) is 5.91 Å². The molecule has 1 atom stereocenters. The number of amides is 2. The van der Waals surface area contributed by atoms with Crippen LogP contribution in [0.4, 0.5) is 10.7 Å². The van der Waals surface area contributed by atoms with Crippen molar-refractivity contribution in [2.24, 2.45) is 0 Å². The molecule has 2 aromatic carbocycles. The molecule has 1 heterocycles. The minimum atomic E-state index is -0.433. The predicted octanol–water partition coefficient (Wildman–Crippen LogP) is 6.57. The van der Waals surface area contributed by atoms with Crippen LogP contribution in [0.3, 0.4) is 0 Å². The lowest BCUT2D eigenvalue weighted by Gasteiger charge is -2.14. The standard InChI is InChI=1S/C29H32N2O5S2/c1-18(26(32)31-28-25(29(34)36-3)23-11-6-4-5-7-12-24(23)38-28)37-22-10-8-9-20(17-22)30-27(33)19-13-15-21(35-2)16-14-19/h8-10,13-18H,4-7,11-12H2,1-3H3,(H,30,33)(H,31,32). The van der Waals surface area contributed by atoms with Crippen molar-refractivity contribution in [3.63, 3.8) is 0 Å². The van der Waals surface area contributed by atoms with Crippen LogP contribution in [0.25, 0.3) is 0 Å². The van der Waals surface area contributed by atoms with E-state index in [1.165, 1.54) is 41.5 Å². The molecule has 0 spiro atoms. The number of aryl methyl sites for hydroxylation is 1. The van der Waals surface area contributed by atoms with E-state index in [9.17, 15) is 14.4 Å². The Kier molecular flexibility index (Phi) is 9.47. The number of benzene rings is 2. The van der Waals surface area contributed by atoms with Gasteiger partial charge in [0.1, 0.15) is 10.8 Å². The first-order valence-corrected chi connectivity index (χ1v) is 14.3. The Hall–Kier alpha value is -3.30. The van der Waals surface area contributed by atoms with Crippen molar-refractivity contribution < 1.29 is 23.9 Å². The number of fused-ring (bicyclic) bond motifs is 1. The highest BCUT2D eigenvalue weighted by molar-refractivity contribution is 8.00. The maximum atomic E-state index is 13.2. The summed E-state index contributed by atoms with van der Waals surface area (Å²) in [5.74, 6) is -0.148. The van der Waals surface area contributed by atoms with Crippen molar-refractivity contribution in [3.05, 3.63) is 70.1 Å². The fourth-order valence-electron chi connectivity index (χ4n) is 4.39. The predicted molar refractivity (Wildman–Crippen MR) is 153 cm³/mol. The second-order valence-electron chi connectivity index (χ2n) is 9.07. The van der Waals surface area contributed by atoms with Crippen LogP contribution in [0.1, 0.15) is 63.8 Å². The quantitative estimate of drug-likeness (QED) is 0.242. The Morgan fingerprint density at radius 2 is 1.68 bits per heavy atom. The van der Waals surface area contributed by atoms with Crippen LogP contribution in [-0.4, -0.2) is 37.3 Å². The van der Waals surface area contributed by atoms with Crippen LogP contribution in [0.15, 0.2) is 53.4 Å². The molecule has 0 saturated heterocycles. The molecule has 3 aromatic rings. The topological polar surface area (TPSA) is 93.7 Å². The summed E-state index contributed by atoms with van der Waals surface area (Å²) in [6.07, 6.45) is 6.17. The van der Waals surface area contributed by atoms with Gasteiger partial charge in [-0.2, -0.15) is 0 Å². The molecule has 0 saturated carbocycles. The third-order valence-electron chi connectivity index (χ3n) is 6.42. The first kappa shape index (κ1) is 27.7. The Balaban J connectivity index is 1.43. The molecule has 38 heavy (non-hydrogen) atoms. The fourth-order valence-corrected chi connectivity index (χ4v) is 6.60. The molecule has 2 N–H and O–H groups in total. The van der Waals surface area contributed by atoms with Gasteiger partial charge < -0.3 is 20.1 Å². The van der Waals surface area contributed by atoms with E-state index in [0.717, 1.165) is 42.6 Å².